The molecule has 7 heteroatoms. The van der Waals surface area contributed by atoms with Crippen molar-refractivity contribution in [3.05, 3.63) is 34.0 Å². The molecule has 1 aromatic carbocycles. The molecule has 2 rings (SSSR count). The molecule has 0 N–H and O–H groups in total. The molecule has 0 amide bonds. The van der Waals surface area contributed by atoms with Gasteiger partial charge in [-0.1, -0.05) is 11.6 Å². The van der Waals surface area contributed by atoms with Gasteiger partial charge in [-0.05, 0) is 25.5 Å². The van der Waals surface area contributed by atoms with Gasteiger partial charge in [0.25, 0.3) is 0 Å². The molecule has 0 saturated heterocycles. The third-order valence-corrected chi connectivity index (χ3v) is 3.40. The summed E-state index contributed by atoms with van der Waals surface area (Å²) in [5.74, 6) is 1.34. The van der Waals surface area contributed by atoms with Crippen molar-refractivity contribution in [2.24, 2.45) is 7.05 Å². The fourth-order valence-corrected chi connectivity index (χ4v) is 2.26. The van der Waals surface area contributed by atoms with E-state index in [4.69, 9.17) is 25.8 Å². The highest BCUT2D eigenvalue weighted by atomic mass is 35.5. The molecule has 6 nitrogen and oxygen atoms in total. The number of aromatic nitrogens is 2. The maximum Gasteiger partial charge on any atom is 0.228 e. The number of carbonyl (C=O) groups excluding carboxylic acids is 1. The van der Waals surface area contributed by atoms with Crippen LogP contribution in [-0.4, -0.2) is 30.0 Å². The Morgan fingerprint density at radius 3 is 2.68 bits per heavy atom. The summed E-state index contributed by atoms with van der Waals surface area (Å²) in [7, 11) is 3.23. The molecule has 2 aromatic rings. The molecular weight excluding hydrogens is 308 g/mol. The van der Waals surface area contributed by atoms with Gasteiger partial charge in [0.05, 0.1) is 16.3 Å². The molecule has 1 aromatic heterocycles. The van der Waals surface area contributed by atoms with Crippen LogP contribution in [0.15, 0.2) is 12.1 Å². The van der Waals surface area contributed by atoms with Crippen LogP contribution in [0.25, 0.3) is 0 Å². The lowest BCUT2D eigenvalue weighted by atomic mass is 10.2. The number of aryl methyl sites for hydroxylation is 3. The van der Waals surface area contributed by atoms with E-state index in [-0.39, 0.29) is 6.79 Å². The first kappa shape index (κ1) is 16.3. The summed E-state index contributed by atoms with van der Waals surface area (Å²) in [4.78, 5) is 11.2. The molecule has 0 atom stereocenters. The number of hydrogen-bond donors (Lipinski definition) is 0. The minimum atomic E-state index is 0.0760. The van der Waals surface area contributed by atoms with Crippen molar-refractivity contribution in [3.63, 3.8) is 0 Å². The van der Waals surface area contributed by atoms with E-state index in [1.807, 2.05) is 6.92 Å². The van der Waals surface area contributed by atoms with Crippen LogP contribution in [0.3, 0.4) is 0 Å². The van der Waals surface area contributed by atoms with E-state index in [0.717, 1.165) is 11.8 Å². The van der Waals surface area contributed by atoms with Crippen molar-refractivity contribution in [1.82, 2.24) is 9.78 Å². The second-order valence-corrected chi connectivity index (χ2v) is 5.15. The molecule has 0 unspecified atom stereocenters. The predicted molar refractivity (Wildman–Crippen MR) is 82.1 cm³/mol. The van der Waals surface area contributed by atoms with Crippen LogP contribution in [0.4, 0.5) is 0 Å². The molecule has 22 heavy (non-hydrogen) atoms. The minimum absolute atomic E-state index is 0.0760. The van der Waals surface area contributed by atoms with E-state index in [1.165, 1.54) is 11.8 Å². The van der Waals surface area contributed by atoms with Crippen molar-refractivity contribution in [1.29, 1.82) is 0 Å². The number of methoxy groups -OCH3 is 1. The summed E-state index contributed by atoms with van der Waals surface area (Å²) in [5, 5.41) is 4.64. The van der Waals surface area contributed by atoms with E-state index in [2.05, 4.69) is 5.10 Å². The highest BCUT2D eigenvalue weighted by Crippen LogP contribution is 2.35. The second-order valence-electron chi connectivity index (χ2n) is 4.75. The van der Waals surface area contributed by atoms with Crippen molar-refractivity contribution in [2.45, 2.75) is 13.8 Å². The first-order chi connectivity index (χ1) is 10.5. The number of benzene rings is 1. The summed E-state index contributed by atoms with van der Waals surface area (Å²) in [6, 6.07) is 3.39. The fraction of sp³-hybridized carbons (Fsp3) is 0.333. The van der Waals surface area contributed by atoms with Crippen LogP contribution < -0.4 is 9.47 Å². The van der Waals surface area contributed by atoms with Crippen LogP contribution >= 0.6 is 11.6 Å². The number of ether oxygens (including phenoxy) is 3. The van der Waals surface area contributed by atoms with Crippen LogP contribution in [0.5, 0.6) is 17.4 Å². The van der Waals surface area contributed by atoms with Gasteiger partial charge in [0.1, 0.15) is 11.5 Å². The average molecular weight is 325 g/mol. The molecule has 0 bridgehead atoms. The quantitative estimate of drug-likeness (QED) is 0.602. The van der Waals surface area contributed by atoms with Crippen molar-refractivity contribution in [2.75, 3.05) is 13.9 Å². The van der Waals surface area contributed by atoms with Crippen LogP contribution in [0.2, 0.25) is 5.02 Å². The maximum absolute atomic E-state index is 11.2. The molecule has 0 spiro atoms. The number of halogens is 1. The predicted octanol–water partition coefficient (Wildman–Crippen LogP) is 3.28. The summed E-state index contributed by atoms with van der Waals surface area (Å²) < 4.78 is 17.6. The SMILES string of the molecule is COCOc1cc(Oc2c(C=O)c(C)nn2C)c(C)cc1Cl. The summed E-state index contributed by atoms with van der Waals surface area (Å²) in [6.07, 6.45) is 0.727. The van der Waals surface area contributed by atoms with Crippen LogP contribution in [-0.2, 0) is 11.8 Å². The number of carbonyl (C=O) groups is 1. The van der Waals surface area contributed by atoms with Gasteiger partial charge in [-0.15, -0.1) is 0 Å². The van der Waals surface area contributed by atoms with Crippen LogP contribution in [0.1, 0.15) is 21.6 Å². The van der Waals surface area contributed by atoms with Gasteiger partial charge in [-0.2, -0.15) is 5.10 Å². The highest BCUT2D eigenvalue weighted by molar-refractivity contribution is 6.32. The first-order valence-electron chi connectivity index (χ1n) is 6.56. The Labute approximate surface area is 133 Å². The third kappa shape index (κ3) is 3.23. The molecule has 0 radical (unpaired) electrons. The summed E-state index contributed by atoms with van der Waals surface area (Å²) >= 11 is 6.12. The standard InChI is InChI=1S/C15H17ClN2O4/c1-9-5-12(16)14(21-8-20-4)6-13(9)22-15-11(7-19)10(2)17-18(15)3/h5-7H,8H2,1-4H3. The number of rotatable bonds is 6. The monoisotopic (exact) mass is 324 g/mol. The van der Waals surface area contributed by atoms with Gasteiger partial charge in [-0.3, -0.25) is 4.79 Å². The Kier molecular flexibility index (Phi) is 5.05. The van der Waals surface area contributed by atoms with E-state index in [9.17, 15) is 4.79 Å². The zero-order chi connectivity index (χ0) is 16.3. The van der Waals surface area contributed by atoms with Crippen molar-refractivity contribution >= 4 is 17.9 Å². The van der Waals surface area contributed by atoms with E-state index in [1.54, 1.807) is 26.1 Å². The number of hydrogen-bond acceptors (Lipinski definition) is 5. The smallest absolute Gasteiger partial charge is 0.228 e. The van der Waals surface area contributed by atoms with Gasteiger partial charge in [0, 0.05) is 20.2 Å². The van der Waals surface area contributed by atoms with Crippen molar-refractivity contribution < 1.29 is 19.0 Å². The topological polar surface area (TPSA) is 62.6 Å². The highest BCUT2D eigenvalue weighted by Gasteiger charge is 2.17. The fourth-order valence-electron chi connectivity index (χ4n) is 1.99. The number of aldehydes is 1. The molecule has 0 aliphatic rings. The average Bonchev–Trinajstić information content (AvgIpc) is 2.74. The van der Waals surface area contributed by atoms with E-state index in [0.29, 0.717) is 33.7 Å². The maximum atomic E-state index is 11.2. The molecule has 118 valence electrons. The summed E-state index contributed by atoms with van der Waals surface area (Å²) in [5.41, 5.74) is 1.83. The van der Waals surface area contributed by atoms with E-state index < -0.39 is 0 Å². The third-order valence-electron chi connectivity index (χ3n) is 3.10. The first-order valence-corrected chi connectivity index (χ1v) is 6.94. The van der Waals surface area contributed by atoms with Gasteiger partial charge < -0.3 is 14.2 Å². The number of nitrogens with zero attached hydrogens (tertiary/aromatic N) is 2. The summed E-state index contributed by atoms with van der Waals surface area (Å²) in [6.45, 7) is 3.68. The minimum Gasteiger partial charge on any atom is -0.466 e. The second kappa shape index (κ2) is 6.81. The molecule has 0 saturated carbocycles. The van der Waals surface area contributed by atoms with Gasteiger partial charge in [0.15, 0.2) is 13.1 Å². The normalized spacial score (nSPS) is 10.6. The molecular formula is C15H17ClN2O4. The lowest BCUT2D eigenvalue weighted by Gasteiger charge is -2.13. The van der Waals surface area contributed by atoms with Gasteiger partial charge in [0.2, 0.25) is 5.88 Å². The van der Waals surface area contributed by atoms with Gasteiger partial charge >= 0.3 is 0 Å². The Bertz CT molecular complexity index is 697. The Morgan fingerprint density at radius 2 is 2.05 bits per heavy atom. The lowest BCUT2D eigenvalue weighted by molar-refractivity contribution is 0.0510. The molecule has 0 aliphatic heterocycles. The Balaban J connectivity index is 2.39. The Hall–Kier alpha value is -2.05. The van der Waals surface area contributed by atoms with E-state index >= 15 is 0 Å². The largest absolute Gasteiger partial charge is 0.466 e. The zero-order valence-corrected chi connectivity index (χ0v) is 13.6. The van der Waals surface area contributed by atoms with Gasteiger partial charge in [-0.25, -0.2) is 4.68 Å². The molecule has 1 heterocycles. The lowest BCUT2D eigenvalue weighted by Crippen LogP contribution is -2.01. The molecule has 0 aliphatic carbocycles. The van der Waals surface area contributed by atoms with Crippen molar-refractivity contribution in [3.8, 4) is 17.4 Å². The molecule has 0 fully saturated rings. The Morgan fingerprint density at radius 1 is 1.32 bits per heavy atom. The van der Waals surface area contributed by atoms with Crippen LogP contribution in [0, 0.1) is 13.8 Å². The zero-order valence-electron chi connectivity index (χ0n) is 12.8.